The Balaban J connectivity index is 0.924. The summed E-state index contributed by atoms with van der Waals surface area (Å²) in [7, 11) is 0. The van der Waals surface area contributed by atoms with E-state index in [0.29, 0.717) is 23.9 Å². The smallest absolute Gasteiger partial charge is 0.149 e. The predicted octanol–water partition coefficient (Wildman–Crippen LogP) is 7.51. The van der Waals surface area contributed by atoms with E-state index in [9.17, 15) is 0 Å². The Bertz CT molecular complexity index is 2080. The number of allylic oxidation sites excluding steroid dienone is 5. The van der Waals surface area contributed by atoms with Gasteiger partial charge in [-0.2, -0.15) is 0 Å². The van der Waals surface area contributed by atoms with E-state index in [1.807, 2.05) is 0 Å². The third-order valence-corrected chi connectivity index (χ3v) is 11.7. The van der Waals surface area contributed by atoms with Crippen molar-refractivity contribution in [1.82, 2.24) is 10.6 Å². The maximum Gasteiger partial charge on any atom is 0.149 e. The van der Waals surface area contributed by atoms with Crippen molar-refractivity contribution in [2.75, 3.05) is 0 Å². The van der Waals surface area contributed by atoms with Crippen LogP contribution < -0.4 is 20.7 Å². The van der Waals surface area contributed by atoms with Crippen LogP contribution in [0.4, 0.5) is 0 Å². The van der Waals surface area contributed by atoms with Crippen molar-refractivity contribution in [3.63, 3.8) is 0 Å². The van der Waals surface area contributed by atoms with Gasteiger partial charge in [0.05, 0.1) is 6.17 Å². The molecule has 4 N–H and O–H groups in total. The first-order chi connectivity index (χ1) is 24.2. The highest BCUT2D eigenvalue weighted by Crippen LogP contribution is 2.50. The summed E-state index contributed by atoms with van der Waals surface area (Å²) in [5, 5.41) is 10.5. The van der Waals surface area contributed by atoms with Crippen molar-refractivity contribution in [1.29, 1.82) is 0 Å². The number of aryl methyl sites for hydroxylation is 2. The van der Waals surface area contributed by atoms with Gasteiger partial charge in [-0.1, -0.05) is 127 Å². The lowest BCUT2D eigenvalue weighted by Crippen LogP contribution is -3.05. The molecule has 4 aliphatic carbocycles. The topological polar surface area (TPSA) is 49.9 Å². The molecular formula is C45H42N3O+. The molecule has 7 atom stereocenters. The van der Waals surface area contributed by atoms with E-state index in [0.717, 1.165) is 31.4 Å². The van der Waals surface area contributed by atoms with Gasteiger partial charge in [0, 0.05) is 23.3 Å². The molecular weight excluding hydrogens is 599 g/mol. The Morgan fingerprint density at radius 1 is 0.673 bits per heavy atom. The SMILES string of the molecule is C1=CCC(C2NC(c3ccc(-c4ccc5c(c4)CCc4ccc6c(c4-5)C4C=CC=CC4O6)cc3)NC(C3C=Cc4ccccc4C3)[NH2+]2)C=C1. The number of ether oxygens (including phenoxy) is 1. The molecule has 4 aromatic rings. The summed E-state index contributed by atoms with van der Waals surface area (Å²) >= 11 is 0. The number of nitrogens with one attached hydrogen (secondary N) is 2. The van der Waals surface area contributed by atoms with Crippen molar-refractivity contribution in [3.8, 4) is 28.0 Å². The molecule has 0 amide bonds. The van der Waals surface area contributed by atoms with Gasteiger partial charge in [0.1, 0.15) is 24.2 Å². The molecule has 6 aliphatic rings. The van der Waals surface area contributed by atoms with Gasteiger partial charge in [-0.25, -0.2) is 10.6 Å². The maximum absolute atomic E-state index is 6.38. The zero-order valence-electron chi connectivity index (χ0n) is 27.6. The van der Waals surface area contributed by atoms with Crippen LogP contribution in [0.25, 0.3) is 28.3 Å². The van der Waals surface area contributed by atoms with Crippen LogP contribution in [0.1, 0.15) is 51.9 Å². The molecule has 0 saturated carbocycles. The first-order valence-electron chi connectivity index (χ1n) is 18.1. The Hall–Kier alpha value is -4.74. The molecule has 0 radical (unpaired) electrons. The fourth-order valence-corrected chi connectivity index (χ4v) is 9.11. The van der Waals surface area contributed by atoms with Gasteiger partial charge >= 0.3 is 0 Å². The summed E-state index contributed by atoms with van der Waals surface area (Å²) < 4.78 is 6.38. The van der Waals surface area contributed by atoms with E-state index >= 15 is 0 Å². The normalized spacial score (nSPS) is 28.6. The molecule has 49 heavy (non-hydrogen) atoms. The van der Waals surface area contributed by atoms with Crippen molar-refractivity contribution in [2.24, 2.45) is 11.8 Å². The molecule has 4 aromatic carbocycles. The Morgan fingerprint density at radius 3 is 2.39 bits per heavy atom. The number of hydrogen-bond donors (Lipinski definition) is 3. The van der Waals surface area contributed by atoms with Crippen LogP contribution in [-0.4, -0.2) is 18.4 Å². The van der Waals surface area contributed by atoms with Crippen LogP contribution in [0, 0.1) is 11.8 Å². The van der Waals surface area contributed by atoms with Gasteiger partial charge in [0.15, 0.2) is 0 Å². The molecule has 7 unspecified atom stereocenters. The molecule has 2 aliphatic heterocycles. The van der Waals surface area contributed by atoms with Gasteiger partial charge in [-0.15, -0.1) is 0 Å². The lowest BCUT2D eigenvalue weighted by Gasteiger charge is -2.41. The minimum Gasteiger partial charge on any atom is -0.485 e. The zero-order valence-corrected chi connectivity index (χ0v) is 27.6. The minimum absolute atomic E-state index is 0.0794. The molecule has 4 heteroatoms. The van der Waals surface area contributed by atoms with Crippen molar-refractivity contribution in [3.05, 3.63) is 167 Å². The third kappa shape index (κ3) is 5.18. The molecule has 1 saturated heterocycles. The van der Waals surface area contributed by atoms with Gasteiger partial charge in [-0.05, 0) is 87.9 Å². The maximum atomic E-state index is 6.38. The summed E-state index contributed by atoms with van der Waals surface area (Å²) in [4.78, 5) is 0. The number of benzene rings is 4. The fourth-order valence-electron chi connectivity index (χ4n) is 9.11. The van der Waals surface area contributed by atoms with Gasteiger partial charge in [-0.3, -0.25) is 0 Å². The molecule has 4 nitrogen and oxygen atoms in total. The molecule has 242 valence electrons. The zero-order chi connectivity index (χ0) is 32.3. The molecule has 0 aromatic heterocycles. The van der Waals surface area contributed by atoms with Crippen LogP contribution in [-0.2, 0) is 19.3 Å². The van der Waals surface area contributed by atoms with Crippen LogP contribution in [0.2, 0.25) is 0 Å². The highest BCUT2D eigenvalue weighted by molar-refractivity contribution is 5.82. The molecule has 2 heterocycles. The van der Waals surface area contributed by atoms with E-state index in [1.54, 1.807) is 0 Å². The van der Waals surface area contributed by atoms with Gasteiger partial charge in [0.2, 0.25) is 0 Å². The van der Waals surface area contributed by atoms with Crippen LogP contribution in [0.3, 0.4) is 0 Å². The quantitative estimate of drug-likeness (QED) is 0.216. The van der Waals surface area contributed by atoms with E-state index in [4.69, 9.17) is 4.74 Å². The highest BCUT2D eigenvalue weighted by Gasteiger charge is 2.39. The third-order valence-electron chi connectivity index (χ3n) is 11.7. The van der Waals surface area contributed by atoms with E-state index < -0.39 is 0 Å². The largest absolute Gasteiger partial charge is 0.485 e. The summed E-state index contributed by atoms with van der Waals surface area (Å²) in [6.07, 6.45) is 27.6. The van der Waals surface area contributed by atoms with E-state index in [-0.39, 0.29) is 18.4 Å². The summed E-state index contributed by atoms with van der Waals surface area (Å²) in [5.74, 6) is 2.22. The number of fused-ring (bicyclic) bond motifs is 8. The van der Waals surface area contributed by atoms with Gasteiger partial charge in [0.25, 0.3) is 0 Å². The summed E-state index contributed by atoms with van der Waals surface area (Å²) in [6.45, 7) is 0. The number of quaternary nitrogens is 1. The summed E-state index contributed by atoms with van der Waals surface area (Å²) in [6, 6.07) is 29.7. The average Bonchev–Trinajstić information content (AvgIpc) is 3.56. The minimum atomic E-state index is 0.0794. The second-order valence-electron chi connectivity index (χ2n) is 14.5. The lowest BCUT2D eigenvalue weighted by molar-refractivity contribution is -0.751. The standard InChI is InChI=1S/C45H41N3O/c1-2-9-31(10-3-1)43-46-44(48-45(47-43)36-21-16-28-8-4-5-11-33(28)27-36)32-18-14-29(15-19-32)34-22-24-37-35(26-34)20-17-30-23-25-40-42(41(30)37)38-12-6-7-13-39(38)49-40/h1-9,11-16,18-19,21-26,31,36,38-39,43-48H,10,17,20,27H2/p+1. The first kappa shape index (κ1) is 29.2. The molecule has 0 bridgehead atoms. The second kappa shape index (κ2) is 12.0. The summed E-state index contributed by atoms with van der Waals surface area (Å²) in [5.41, 5.74) is 13.7. The fraction of sp³-hybridized carbons (Fsp3) is 0.244. The van der Waals surface area contributed by atoms with Crippen LogP contribution >= 0.6 is 0 Å². The van der Waals surface area contributed by atoms with Crippen LogP contribution in [0.15, 0.2) is 134 Å². The number of hydrogen-bond acceptors (Lipinski definition) is 3. The monoisotopic (exact) mass is 640 g/mol. The molecule has 0 spiro atoms. The van der Waals surface area contributed by atoms with Crippen molar-refractivity contribution in [2.45, 2.75) is 56.2 Å². The van der Waals surface area contributed by atoms with E-state index in [1.165, 1.54) is 55.6 Å². The average molecular weight is 641 g/mol. The number of rotatable bonds is 4. The van der Waals surface area contributed by atoms with Crippen molar-refractivity contribution >= 4 is 6.08 Å². The Labute approximate surface area is 289 Å². The Kier molecular flexibility index (Phi) is 7.15. The first-order valence-corrected chi connectivity index (χ1v) is 18.1. The highest BCUT2D eigenvalue weighted by atomic mass is 16.5. The lowest BCUT2D eigenvalue weighted by atomic mass is 9.78. The molecule has 10 rings (SSSR count). The van der Waals surface area contributed by atoms with E-state index in [2.05, 4.69) is 156 Å². The predicted molar refractivity (Wildman–Crippen MR) is 198 cm³/mol. The number of nitrogens with two attached hydrogens (primary N) is 1. The van der Waals surface area contributed by atoms with Crippen LogP contribution in [0.5, 0.6) is 5.75 Å². The Morgan fingerprint density at radius 2 is 1.49 bits per heavy atom. The molecule has 1 fully saturated rings. The van der Waals surface area contributed by atoms with Crippen molar-refractivity contribution < 1.29 is 10.1 Å². The van der Waals surface area contributed by atoms with Gasteiger partial charge < -0.3 is 10.1 Å². The second-order valence-corrected chi connectivity index (χ2v) is 14.5.